The summed E-state index contributed by atoms with van der Waals surface area (Å²) in [6, 6.07) is 3.38. The summed E-state index contributed by atoms with van der Waals surface area (Å²) in [4.78, 5) is 17.3. The molecule has 1 fully saturated rings. The van der Waals surface area contributed by atoms with Gasteiger partial charge in [-0.25, -0.2) is 18.6 Å². The van der Waals surface area contributed by atoms with Crippen molar-refractivity contribution in [3.8, 4) is 0 Å². The van der Waals surface area contributed by atoms with Gasteiger partial charge in [-0.15, -0.1) is 11.3 Å². The third-order valence-corrected chi connectivity index (χ3v) is 5.88. The first kappa shape index (κ1) is 20.0. The van der Waals surface area contributed by atoms with Gasteiger partial charge in [-0.3, -0.25) is 0 Å². The van der Waals surface area contributed by atoms with Gasteiger partial charge in [0, 0.05) is 18.5 Å². The maximum absolute atomic E-state index is 14.4. The predicted molar refractivity (Wildman–Crippen MR) is 102 cm³/mol. The average molecular weight is 422 g/mol. The number of methoxy groups -OCH3 is 1. The van der Waals surface area contributed by atoms with Crippen molar-refractivity contribution in [1.29, 1.82) is 0 Å². The summed E-state index contributed by atoms with van der Waals surface area (Å²) in [5.41, 5.74) is 0.207. The van der Waals surface area contributed by atoms with Crippen LogP contribution in [0.5, 0.6) is 0 Å². The molecule has 11 heteroatoms. The van der Waals surface area contributed by atoms with Crippen LogP contribution < -0.4 is 5.46 Å². The van der Waals surface area contributed by atoms with Gasteiger partial charge in [-0.1, -0.05) is 0 Å². The van der Waals surface area contributed by atoms with Gasteiger partial charge in [0.15, 0.2) is 0 Å². The number of thiophene rings is 1. The molecule has 1 aliphatic rings. The summed E-state index contributed by atoms with van der Waals surface area (Å²) in [5.74, 6) is -1.64. The van der Waals surface area contributed by atoms with Crippen LogP contribution in [0.1, 0.15) is 27.5 Å². The number of fused-ring (bicyclic) bond motifs is 1. The zero-order valence-corrected chi connectivity index (χ0v) is 16.2. The standard InChI is InChI=1S/C18H17BF2N2O5S/c1-27-18(24)15-7-14-17(29-15)22-16(23(14)8-10-2-3-28-10)5-9-4-13(21)11(19(25)26)6-12(9)20/h4,6-7,10,25-26H,2-3,5,8H2,1H3. The lowest BCUT2D eigenvalue weighted by Crippen LogP contribution is -2.33. The quantitative estimate of drug-likeness (QED) is 0.459. The molecule has 152 valence electrons. The minimum atomic E-state index is -2.10. The number of aromatic nitrogens is 2. The number of carbonyl (C=O) groups is 1. The molecule has 29 heavy (non-hydrogen) atoms. The Kier molecular flexibility index (Phi) is 5.39. The van der Waals surface area contributed by atoms with Crippen molar-refractivity contribution in [2.45, 2.75) is 25.5 Å². The molecule has 7 nitrogen and oxygen atoms in total. The number of imidazole rings is 1. The Balaban J connectivity index is 1.72. The van der Waals surface area contributed by atoms with E-state index in [2.05, 4.69) is 4.98 Å². The first-order valence-corrected chi connectivity index (χ1v) is 9.71. The molecule has 1 atom stereocenters. The highest BCUT2D eigenvalue weighted by molar-refractivity contribution is 7.20. The maximum Gasteiger partial charge on any atom is 0.491 e. The molecular weight excluding hydrogens is 405 g/mol. The fraction of sp³-hybridized carbons (Fsp3) is 0.333. The van der Waals surface area contributed by atoms with E-state index in [1.165, 1.54) is 7.11 Å². The largest absolute Gasteiger partial charge is 0.491 e. The predicted octanol–water partition coefficient (Wildman–Crippen LogP) is 1.22. The summed E-state index contributed by atoms with van der Waals surface area (Å²) in [6.07, 6.45) is 0.854. The van der Waals surface area contributed by atoms with Gasteiger partial charge in [0.1, 0.15) is 27.2 Å². The Morgan fingerprint density at radius 2 is 2.14 bits per heavy atom. The van der Waals surface area contributed by atoms with Crippen molar-refractivity contribution >= 4 is 40.2 Å². The second kappa shape index (κ2) is 7.83. The smallest absolute Gasteiger partial charge is 0.465 e. The van der Waals surface area contributed by atoms with Crippen LogP contribution in [0.15, 0.2) is 18.2 Å². The van der Waals surface area contributed by atoms with Crippen LogP contribution in [0.3, 0.4) is 0 Å². The molecule has 0 radical (unpaired) electrons. The molecule has 0 spiro atoms. The molecule has 3 heterocycles. The van der Waals surface area contributed by atoms with Crippen LogP contribution in [0.25, 0.3) is 10.3 Å². The van der Waals surface area contributed by atoms with Gasteiger partial charge in [0.05, 0.1) is 25.3 Å². The number of hydrogen-bond donors (Lipinski definition) is 2. The van der Waals surface area contributed by atoms with Crippen LogP contribution in [0, 0.1) is 11.6 Å². The van der Waals surface area contributed by atoms with Gasteiger partial charge < -0.3 is 24.1 Å². The van der Waals surface area contributed by atoms with Crippen molar-refractivity contribution in [2.75, 3.05) is 13.7 Å². The summed E-state index contributed by atoms with van der Waals surface area (Å²) in [7, 11) is -0.801. The Bertz CT molecular complexity index is 1080. The van der Waals surface area contributed by atoms with Crippen LogP contribution in [-0.4, -0.2) is 52.5 Å². The van der Waals surface area contributed by atoms with E-state index in [9.17, 15) is 13.6 Å². The van der Waals surface area contributed by atoms with Gasteiger partial charge in [0.25, 0.3) is 0 Å². The number of halogens is 2. The summed E-state index contributed by atoms with van der Waals surface area (Å²) in [6.45, 7) is 1.14. The number of esters is 1. The topological polar surface area (TPSA) is 93.8 Å². The fourth-order valence-electron chi connectivity index (χ4n) is 3.24. The van der Waals surface area contributed by atoms with Crippen LogP contribution >= 0.6 is 11.3 Å². The molecule has 2 N–H and O–H groups in total. The molecule has 1 unspecified atom stereocenters. The van der Waals surface area contributed by atoms with Crippen LogP contribution in [0.2, 0.25) is 0 Å². The first-order chi connectivity index (χ1) is 13.9. The number of benzene rings is 1. The molecule has 4 rings (SSSR count). The van der Waals surface area contributed by atoms with E-state index in [1.807, 2.05) is 4.57 Å². The lowest BCUT2D eigenvalue weighted by molar-refractivity contribution is -0.0589. The van der Waals surface area contributed by atoms with Gasteiger partial charge >= 0.3 is 13.1 Å². The number of nitrogens with zero attached hydrogens (tertiary/aromatic N) is 2. The van der Waals surface area contributed by atoms with Crippen molar-refractivity contribution in [2.24, 2.45) is 0 Å². The molecule has 3 aromatic rings. The zero-order chi connectivity index (χ0) is 20.7. The Labute approximate surface area is 168 Å². The minimum Gasteiger partial charge on any atom is -0.465 e. The summed E-state index contributed by atoms with van der Waals surface area (Å²) in [5, 5.41) is 18.3. The summed E-state index contributed by atoms with van der Waals surface area (Å²) < 4.78 is 40.6. The summed E-state index contributed by atoms with van der Waals surface area (Å²) >= 11 is 1.16. The number of carbonyl (C=O) groups excluding carboxylic acids is 1. The van der Waals surface area contributed by atoms with Crippen molar-refractivity contribution in [1.82, 2.24) is 9.55 Å². The lowest BCUT2D eigenvalue weighted by Gasteiger charge is -2.27. The van der Waals surface area contributed by atoms with Gasteiger partial charge in [-0.2, -0.15) is 0 Å². The van der Waals surface area contributed by atoms with Gasteiger partial charge in [-0.05, 0) is 30.2 Å². The minimum absolute atomic E-state index is 0.00770. The highest BCUT2D eigenvalue weighted by Gasteiger charge is 2.25. The normalized spacial score (nSPS) is 16.1. The third-order valence-electron chi connectivity index (χ3n) is 4.89. The SMILES string of the molecule is COC(=O)c1cc2c(nc(Cc3cc(F)c(B(O)O)cc3F)n2CC2CCO2)s1. The second-order valence-electron chi connectivity index (χ2n) is 6.73. The van der Waals surface area contributed by atoms with E-state index >= 15 is 0 Å². The van der Waals surface area contributed by atoms with Crippen molar-refractivity contribution in [3.05, 3.63) is 46.1 Å². The molecule has 0 saturated carbocycles. The highest BCUT2D eigenvalue weighted by Crippen LogP contribution is 2.30. The average Bonchev–Trinajstić information content (AvgIpc) is 3.18. The Morgan fingerprint density at radius 3 is 2.76 bits per heavy atom. The molecule has 0 bridgehead atoms. The molecule has 2 aromatic heterocycles. The lowest BCUT2D eigenvalue weighted by atomic mass is 9.79. The first-order valence-electron chi connectivity index (χ1n) is 8.90. The van der Waals surface area contributed by atoms with Gasteiger partial charge in [0.2, 0.25) is 0 Å². The number of hydrogen-bond acceptors (Lipinski definition) is 7. The Hall–Kier alpha value is -2.34. The molecule has 1 saturated heterocycles. The molecule has 1 aliphatic heterocycles. The second-order valence-corrected chi connectivity index (χ2v) is 7.76. The van der Waals surface area contributed by atoms with Crippen molar-refractivity contribution < 1.29 is 33.1 Å². The molecule has 1 aromatic carbocycles. The van der Waals surface area contributed by atoms with Crippen LogP contribution in [0.4, 0.5) is 8.78 Å². The van der Waals surface area contributed by atoms with E-state index in [0.717, 1.165) is 29.9 Å². The van der Waals surface area contributed by atoms with Crippen molar-refractivity contribution in [3.63, 3.8) is 0 Å². The molecular formula is C18H17BF2N2O5S. The fourth-order valence-corrected chi connectivity index (χ4v) is 4.21. The van der Waals surface area contributed by atoms with E-state index in [1.54, 1.807) is 6.07 Å². The third kappa shape index (κ3) is 3.78. The highest BCUT2D eigenvalue weighted by atomic mass is 32.1. The monoisotopic (exact) mass is 422 g/mol. The van der Waals surface area contributed by atoms with E-state index in [4.69, 9.17) is 19.5 Å². The molecule has 0 aliphatic carbocycles. The zero-order valence-electron chi connectivity index (χ0n) is 15.4. The number of rotatable bonds is 6. The van der Waals surface area contributed by atoms with E-state index in [0.29, 0.717) is 34.2 Å². The molecule has 0 amide bonds. The van der Waals surface area contributed by atoms with E-state index in [-0.39, 0.29) is 18.1 Å². The number of ether oxygens (including phenoxy) is 2. The maximum atomic E-state index is 14.4. The van der Waals surface area contributed by atoms with Crippen LogP contribution in [-0.2, 0) is 22.4 Å². The van der Waals surface area contributed by atoms with E-state index < -0.39 is 30.2 Å². The Morgan fingerprint density at radius 1 is 1.38 bits per heavy atom.